The molecule has 0 fully saturated rings. The van der Waals surface area contributed by atoms with Gasteiger partial charge in [0.25, 0.3) is 0 Å². The van der Waals surface area contributed by atoms with Crippen LogP contribution >= 0.6 is 0 Å². The van der Waals surface area contributed by atoms with Gasteiger partial charge in [0.2, 0.25) is 0 Å². The van der Waals surface area contributed by atoms with Gasteiger partial charge in [-0.3, -0.25) is 4.99 Å². The Morgan fingerprint density at radius 1 is 1.00 bits per heavy atom. The monoisotopic (exact) mass is 375 g/mol. The summed E-state index contributed by atoms with van der Waals surface area (Å²) in [6, 6.07) is 15.9. The minimum atomic E-state index is -0.191. The SMILES string of the molecule is C=C(\C=C/C=N\C=C\c1ccc(OC(C)(C)C)cc1)c1ccc(OCC)cc1. The molecule has 0 amide bonds. The molecule has 146 valence electrons. The summed E-state index contributed by atoms with van der Waals surface area (Å²) in [5.41, 5.74) is 2.86. The molecule has 0 bridgehead atoms. The maximum absolute atomic E-state index is 5.81. The lowest BCUT2D eigenvalue weighted by molar-refractivity contribution is 0.131. The summed E-state index contributed by atoms with van der Waals surface area (Å²) < 4.78 is 11.3. The summed E-state index contributed by atoms with van der Waals surface area (Å²) in [5, 5.41) is 0. The van der Waals surface area contributed by atoms with Crippen LogP contribution in [0.25, 0.3) is 11.6 Å². The second-order valence-corrected chi connectivity index (χ2v) is 7.24. The van der Waals surface area contributed by atoms with Crippen molar-refractivity contribution >= 4 is 17.9 Å². The summed E-state index contributed by atoms with van der Waals surface area (Å²) in [5.74, 6) is 1.73. The molecule has 0 radical (unpaired) electrons. The van der Waals surface area contributed by atoms with Crippen LogP contribution in [-0.2, 0) is 0 Å². The van der Waals surface area contributed by atoms with Crippen molar-refractivity contribution in [3.8, 4) is 11.5 Å². The first-order chi connectivity index (χ1) is 13.4. The number of hydrogen-bond donors (Lipinski definition) is 0. The topological polar surface area (TPSA) is 30.8 Å². The molecule has 2 aromatic carbocycles. The first-order valence-electron chi connectivity index (χ1n) is 9.45. The van der Waals surface area contributed by atoms with Gasteiger partial charge >= 0.3 is 0 Å². The molecule has 0 heterocycles. The minimum absolute atomic E-state index is 0.191. The first kappa shape index (κ1) is 21.2. The smallest absolute Gasteiger partial charge is 0.120 e. The van der Waals surface area contributed by atoms with Gasteiger partial charge in [0, 0.05) is 12.4 Å². The van der Waals surface area contributed by atoms with Crippen molar-refractivity contribution in [2.45, 2.75) is 33.3 Å². The van der Waals surface area contributed by atoms with E-state index in [4.69, 9.17) is 9.47 Å². The highest BCUT2D eigenvalue weighted by Crippen LogP contribution is 2.19. The first-order valence-corrected chi connectivity index (χ1v) is 9.45. The number of aliphatic imine (C=N–C) groups is 1. The Kier molecular flexibility index (Phi) is 7.82. The number of allylic oxidation sites excluding steroid dienone is 3. The maximum Gasteiger partial charge on any atom is 0.120 e. The van der Waals surface area contributed by atoms with Crippen molar-refractivity contribution in [1.29, 1.82) is 0 Å². The molecule has 2 aromatic rings. The molecule has 0 N–H and O–H groups in total. The molecular formula is C25H29NO2. The van der Waals surface area contributed by atoms with Crippen LogP contribution in [0.4, 0.5) is 0 Å². The van der Waals surface area contributed by atoms with Crippen LogP contribution in [0, 0.1) is 0 Å². The molecule has 0 spiro atoms. The van der Waals surface area contributed by atoms with Crippen LogP contribution in [-0.4, -0.2) is 18.4 Å². The van der Waals surface area contributed by atoms with E-state index in [9.17, 15) is 0 Å². The highest BCUT2D eigenvalue weighted by Gasteiger charge is 2.10. The second-order valence-electron chi connectivity index (χ2n) is 7.24. The average Bonchev–Trinajstić information content (AvgIpc) is 2.65. The Hall–Kier alpha value is -3.07. The lowest BCUT2D eigenvalue weighted by atomic mass is 10.1. The highest BCUT2D eigenvalue weighted by atomic mass is 16.5. The third kappa shape index (κ3) is 7.67. The van der Waals surface area contributed by atoms with E-state index in [2.05, 4.69) is 11.6 Å². The Morgan fingerprint density at radius 2 is 1.64 bits per heavy atom. The summed E-state index contributed by atoms with van der Waals surface area (Å²) in [6.45, 7) is 12.8. The number of rotatable bonds is 8. The molecule has 0 atom stereocenters. The number of ether oxygens (including phenoxy) is 2. The van der Waals surface area contributed by atoms with E-state index in [1.165, 1.54) is 0 Å². The van der Waals surface area contributed by atoms with Gasteiger partial charge in [-0.15, -0.1) is 0 Å². The number of nitrogens with zero attached hydrogens (tertiary/aromatic N) is 1. The normalized spacial score (nSPS) is 12.1. The predicted octanol–water partition coefficient (Wildman–Crippen LogP) is 6.57. The quantitative estimate of drug-likeness (QED) is 0.386. The van der Waals surface area contributed by atoms with Gasteiger partial charge in [0.05, 0.1) is 6.61 Å². The van der Waals surface area contributed by atoms with Crippen LogP contribution in [0.2, 0.25) is 0 Å². The van der Waals surface area contributed by atoms with Crippen molar-refractivity contribution in [2.24, 2.45) is 4.99 Å². The summed E-state index contributed by atoms with van der Waals surface area (Å²) >= 11 is 0. The second kappa shape index (κ2) is 10.3. The van der Waals surface area contributed by atoms with Gasteiger partial charge in [-0.2, -0.15) is 0 Å². The zero-order valence-corrected chi connectivity index (χ0v) is 17.2. The third-order valence-corrected chi connectivity index (χ3v) is 3.66. The molecule has 0 aliphatic heterocycles. The van der Waals surface area contributed by atoms with E-state index < -0.39 is 0 Å². The van der Waals surface area contributed by atoms with E-state index in [0.717, 1.165) is 28.2 Å². The Bertz CT molecular complexity index is 836. The fraction of sp³-hybridized carbons (Fsp3) is 0.240. The van der Waals surface area contributed by atoms with Crippen molar-refractivity contribution < 1.29 is 9.47 Å². The molecule has 0 unspecified atom stereocenters. The minimum Gasteiger partial charge on any atom is -0.494 e. The average molecular weight is 376 g/mol. The van der Waals surface area contributed by atoms with Gasteiger partial charge in [0.15, 0.2) is 0 Å². The van der Waals surface area contributed by atoms with Gasteiger partial charge in [0.1, 0.15) is 17.1 Å². The van der Waals surface area contributed by atoms with Gasteiger partial charge < -0.3 is 9.47 Å². The zero-order valence-electron chi connectivity index (χ0n) is 17.2. The van der Waals surface area contributed by atoms with Crippen LogP contribution in [0.15, 0.2) is 78.5 Å². The molecule has 0 aromatic heterocycles. The Morgan fingerprint density at radius 3 is 2.25 bits per heavy atom. The summed E-state index contributed by atoms with van der Waals surface area (Å²) in [7, 11) is 0. The van der Waals surface area contributed by atoms with E-state index >= 15 is 0 Å². The lowest BCUT2D eigenvalue weighted by Gasteiger charge is -2.21. The lowest BCUT2D eigenvalue weighted by Crippen LogP contribution is -2.22. The van der Waals surface area contributed by atoms with Crippen molar-refractivity contribution in [3.63, 3.8) is 0 Å². The number of hydrogen-bond acceptors (Lipinski definition) is 3. The Labute approximate surface area is 168 Å². The van der Waals surface area contributed by atoms with Crippen molar-refractivity contribution in [1.82, 2.24) is 0 Å². The van der Waals surface area contributed by atoms with E-state index in [-0.39, 0.29) is 5.60 Å². The van der Waals surface area contributed by atoms with Gasteiger partial charge in [-0.25, -0.2) is 0 Å². The molecule has 0 aliphatic carbocycles. The van der Waals surface area contributed by atoms with E-state index in [1.807, 2.05) is 94.5 Å². The standard InChI is InChI=1S/C25H29NO2/c1-6-27-23-15-11-22(12-16-23)20(2)8-7-18-26-19-17-21-9-13-24(14-10-21)28-25(3,4)5/h7-19H,2,6H2,1,3-5H3/b8-7-,19-17+,26-18-. The van der Waals surface area contributed by atoms with Gasteiger partial charge in [-0.05, 0) is 80.8 Å². The fourth-order valence-electron chi connectivity index (χ4n) is 2.42. The maximum atomic E-state index is 5.81. The van der Waals surface area contributed by atoms with E-state index in [0.29, 0.717) is 6.61 Å². The molecule has 3 nitrogen and oxygen atoms in total. The molecule has 2 rings (SSSR count). The molecular weight excluding hydrogens is 346 g/mol. The largest absolute Gasteiger partial charge is 0.494 e. The summed E-state index contributed by atoms with van der Waals surface area (Å²) in [4.78, 5) is 4.27. The molecule has 28 heavy (non-hydrogen) atoms. The summed E-state index contributed by atoms with van der Waals surface area (Å²) in [6.07, 6.45) is 9.28. The molecule has 0 aliphatic rings. The zero-order chi connectivity index (χ0) is 20.4. The molecule has 3 heteroatoms. The van der Waals surface area contributed by atoms with Crippen LogP contribution < -0.4 is 9.47 Å². The van der Waals surface area contributed by atoms with Crippen LogP contribution in [0.3, 0.4) is 0 Å². The van der Waals surface area contributed by atoms with Crippen molar-refractivity contribution in [3.05, 3.63) is 84.6 Å². The number of benzene rings is 2. The molecule has 0 saturated heterocycles. The fourth-order valence-corrected chi connectivity index (χ4v) is 2.42. The Balaban J connectivity index is 1.84. The molecule has 0 saturated carbocycles. The van der Waals surface area contributed by atoms with Gasteiger partial charge in [-0.1, -0.05) is 36.9 Å². The third-order valence-electron chi connectivity index (χ3n) is 3.66. The van der Waals surface area contributed by atoms with Crippen molar-refractivity contribution in [2.75, 3.05) is 6.61 Å². The van der Waals surface area contributed by atoms with Crippen LogP contribution in [0.5, 0.6) is 11.5 Å². The van der Waals surface area contributed by atoms with E-state index in [1.54, 1.807) is 12.4 Å². The van der Waals surface area contributed by atoms with Crippen LogP contribution in [0.1, 0.15) is 38.8 Å². The highest BCUT2D eigenvalue weighted by molar-refractivity contribution is 5.80. The predicted molar refractivity (Wildman–Crippen MR) is 120 cm³/mol.